The van der Waals surface area contributed by atoms with Crippen LogP contribution in [0.15, 0.2) is 36.4 Å². The zero-order valence-electron chi connectivity index (χ0n) is 12.6. The first-order valence-corrected chi connectivity index (χ1v) is 8.06. The predicted molar refractivity (Wildman–Crippen MR) is 91.6 cm³/mol. The fraction of sp³-hybridized carbons (Fsp3) is 0.471. The van der Waals surface area contributed by atoms with Gasteiger partial charge < -0.3 is 4.90 Å². The number of carbonyl (C=O) groups excluding carboxylic acids is 1. The zero-order valence-corrected chi connectivity index (χ0v) is 13.5. The summed E-state index contributed by atoms with van der Waals surface area (Å²) in [4.78, 5) is 16.3. The highest BCUT2D eigenvalue weighted by atomic mass is 32.1. The third-order valence-electron chi connectivity index (χ3n) is 3.67. The van der Waals surface area contributed by atoms with Gasteiger partial charge in [0.25, 0.3) is 0 Å². The lowest BCUT2D eigenvalue weighted by Crippen LogP contribution is -2.48. The van der Waals surface area contributed by atoms with E-state index < -0.39 is 0 Å². The van der Waals surface area contributed by atoms with E-state index >= 15 is 0 Å². The standard InChI is InChI=1S/C17H24N2OS/c1-15(21)14-17(20)19-12-10-18(11-13-19)9-5-8-16-6-3-2-4-7-16/h2-8,15,21H,9-14H2,1H3/b8-5+. The molecule has 0 bridgehead atoms. The summed E-state index contributed by atoms with van der Waals surface area (Å²) in [6.45, 7) is 6.47. The van der Waals surface area contributed by atoms with E-state index in [1.807, 2.05) is 30.0 Å². The first kappa shape index (κ1) is 16.1. The van der Waals surface area contributed by atoms with Gasteiger partial charge in [0, 0.05) is 44.4 Å². The fourth-order valence-corrected chi connectivity index (χ4v) is 2.62. The van der Waals surface area contributed by atoms with E-state index in [0.29, 0.717) is 6.42 Å². The zero-order chi connectivity index (χ0) is 15.1. The summed E-state index contributed by atoms with van der Waals surface area (Å²) in [6.07, 6.45) is 4.89. The molecule has 114 valence electrons. The maximum Gasteiger partial charge on any atom is 0.223 e. The Labute approximate surface area is 133 Å². The van der Waals surface area contributed by atoms with Crippen LogP contribution >= 0.6 is 12.6 Å². The average molecular weight is 304 g/mol. The van der Waals surface area contributed by atoms with Gasteiger partial charge in [-0.2, -0.15) is 12.6 Å². The lowest BCUT2D eigenvalue weighted by atomic mass is 10.2. The van der Waals surface area contributed by atoms with Crippen molar-refractivity contribution in [3.8, 4) is 0 Å². The Morgan fingerprint density at radius 1 is 1.24 bits per heavy atom. The molecule has 0 aliphatic carbocycles. The molecule has 1 aliphatic heterocycles. The number of rotatable bonds is 5. The number of hydrogen-bond donors (Lipinski definition) is 1. The molecule has 0 spiro atoms. The molecule has 21 heavy (non-hydrogen) atoms. The Kier molecular flexibility index (Phi) is 6.33. The molecule has 1 aliphatic rings. The van der Waals surface area contributed by atoms with Crippen LogP contribution in [0.1, 0.15) is 18.9 Å². The van der Waals surface area contributed by atoms with Crippen LogP contribution in [0.5, 0.6) is 0 Å². The molecule has 1 unspecified atom stereocenters. The molecule has 4 heteroatoms. The minimum Gasteiger partial charge on any atom is -0.340 e. The van der Waals surface area contributed by atoms with Crippen LogP contribution in [0.2, 0.25) is 0 Å². The van der Waals surface area contributed by atoms with Gasteiger partial charge in [0.2, 0.25) is 5.91 Å². The van der Waals surface area contributed by atoms with Crippen molar-refractivity contribution in [1.29, 1.82) is 0 Å². The third kappa shape index (κ3) is 5.56. The molecule has 1 aromatic rings. The highest BCUT2D eigenvalue weighted by Gasteiger charge is 2.20. The van der Waals surface area contributed by atoms with Crippen LogP contribution in [0.4, 0.5) is 0 Å². The van der Waals surface area contributed by atoms with Crippen LogP contribution in [-0.2, 0) is 4.79 Å². The van der Waals surface area contributed by atoms with Gasteiger partial charge in [0.1, 0.15) is 0 Å². The SMILES string of the molecule is CC(S)CC(=O)N1CCN(C/C=C/c2ccccc2)CC1. The largest absolute Gasteiger partial charge is 0.340 e. The minimum atomic E-state index is 0.143. The fourth-order valence-electron chi connectivity index (χ4n) is 2.46. The Balaban J connectivity index is 1.72. The molecule has 3 nitrogen and oxygen atoms in total. The molecule has 1 fully saturated rings. The maximum absolute atomic E-state index is 12.0. The first-order chi connectivity index (χ1) is 10.1. The molecule has 0 aromatic heterocycles. The number of carbonyl (C=O) groups is 1. The van der Waals surface area contributed by atoms with E-state index in [0.717, 1.165) is 32.7 Å². The molecule has 1 heterocycles. The molecule has 2 rings (SSSR count). The van der Waals surface area contributed by atoms with Crippen LogP contribution in [-0.4, -0.2) is 53.7 Å². The molecule has 0 saturated carbocycles. The van der Waals surface area contributed by atoms with Gasteiger partial charge in [0.05, 0.1) is 0 Å². The van der Waals surface area contributed by atoms with Gasteiger partial charge in [0.15, 0.2) is 0 Å². The molecule has 0 radical (unpaired) electrons. The van der Waals surface area contributed by atoms with E-state index in [9.17, 15) is 4.79 Å². The van der Waals surface area contributed by atoms with Crippen molar-refractivity contribution >= 4 is 24.6 Å². The van der Waals surface area contributed by atoms with Crippen molar-refractivity contribution in [2.45, 2.75) is 18.6 Å². The van der Waals surface area contributed by atoms with Crippen molar-refractivity contribution in [3.63, 3.8) is 0 Å². The van der Waals surface area contributed by atoms with Gasteiger partial charge >= 0.3 is 0 Å². The Morgan fingerprint density at radius 3 is 2.52 bits per heavy atom. The van der Waals surface area contributed by atoms with Gasteiger partial charge in [-0.25, -0.2) is 0 Å². The van der Waals surface area contributed by atoms with Crippen LogP contribution in [0, 0.1) is 0 Å². The summed E-state index contributed by atoms with van der Waals surface area (Å²) in [6, 6.07) is 10.3. The van der Waals surface area contributed by atoms with Gasteiger partial charge in [-0.05, 0) is 5.56 Å². The number of benzene rings is 1. The van der Waals surface area contributed by atoms with E-state index in [1.54, 1.807) is 0 Å². The lowest BCUT2D eigenvalue weighted by Gasteiger charge is -2.34. The second kappa shape index (κ2) is 8.25. The number of nitrogens with zero attached hydrogens (tertiary/aromatic N) is 2. The highest BCUT2D eigenvalue weighted by Crippen LogP contribution is 2.08. The molecular formula is C17H24N2OS. The smallest absolute Gasteiger partial charge is 0.223 e. The number of hydrogen-bond acceptors (Lipinski definition) is 3. The summed E-state index contributed by atoms with van der Waals surface area (Å²) in [5.41, 5.74) is 1.23. The van der Waals surface area contributed by atoms with E-state index in [-0.39, 0.29) is 11.2 Å². The average Bonchev–Trinajstić information content (AvgIpc) is 2.48. The van der Waals surface area contributed by atoms with E-state index in [4.69, 9.17) is 0 Å². The van der Waals surface area contributed by atoms with Crippen LogP contribution in [0.3, 0.4) is 0 Å². The van der Waals surface area contributed by atoms with Crippen molar-refractivity contribution in [2.75, 3.05) is 32.7 Å². The van der Waals surface area contributed by atoms with Crippen molar-refractivity contribution < 1.29 is 4.79 Å². The summed E-state index contributed by atoms with van der Waals surface area (Å²) in [7, 11) is 0. The number of piperazine rings is 1. The van der Waals surface area contributed by atoms with Crippen LogP contribution < -0.4 is 0 Å². The Morgan fingerprint density at radius 2 is 1.90 bits per heavy atom. The summed E-state index contributed by atoms with van der Waals surface area (Å²) >= 11 is 4.29. The molecule has 1 amide bonds. The normalized spacial score (nSPS) is 18.1. The monoisotopic (exact) mass is 304 g/mol. The molecule has 1 atom stereocenters. The third-order valence-corrected chi connectivity index (χ3v) is 3.85. The quantitative estimate of drug-likeness (QED) is 0.845. The Hall–Kier alpha value is -1.26. The molecular weight excluding hydrogens is 280 g/mol. The van der Waals surface area contributed by atoms with Crippen LogP contribution in [0.25, 0.3) is 6.08 Å². The van der Waals surface area contributed by atoms with Crippen molar-refractivity contribution in [1.82, 2.24) is 9.80 Å². The highest BCUT2D eigenvalue weighted by molar-refractivity contribution is 7.80. The second-order valence-electron chi connectivity index (χ2n) is 5.55. The summed E-state index contributed by atoms with van der Waals surface area (Å²) < 4.78 is 0. The summed E-state index contributed by atoms with van der Waals surface area (Å²) in [5, 5.41) is 0.143. The number of thiol groups is 1. The Bertz CT molecular complexity index is 465. The molecule has 0 N–H and O–H groups in total. The molecule has 1 saturated heterocycles. The lowest BCUT2D eigenvalue weighted by molar-refractivity contribution is -0.132. The van der Waals surface area contributed by atoms with Gasteiger partial charge in [-0.3, -0.25) is 9.69 Å². The minimum absolute atomic E-state index is 0.143. The van der Waals surface area contributed by atoms with Crippen molar-refractivity contribution in [3.05, 3.63) is 42.0 Å². The van der Waals surface area contributed by atoms with E-state index in [2.05, 4.69) is 41.8 Å². The van der Waals surface area contributed by atoms with E-state index in [1.165, 1.54) is 5.56 Å². The molecule has 1 aromatic carbocycles. The summed E-state index contributed by atoms with van der Waals surface area (Å²) in [5.74, 6) is 0.233. The number of amides is 1. The topological polar surface area (TPSA) is 23.6 Å². The van der Waals surface area contributed by atoms with Gasteiger partial charge in [-0.15, -0.1) is 0 Å². The van der Waals surface area contributed by atoms with Crippen molar-refractivity contribution in [2.24, 2.45) is 0 Å². The first-order valence-electron chi connectivity index (χ1n) is 7.55. The predicted octanol–water partition coefficient (Wildman–Crippen LogP) is 2.55. The van der Waals surface area contributed by atoms with Gasteiger partial charge in [-0.1, -0.05) is 49.4 Å². The maximum atomic E-state index is 12.0. The second-order valence-corrected chi connectivity index (χ2v) is 6.43.